The van der Waals surface area contributed by atoms with Crippen molar-refractivity contribution in [1.29, 1.82) is 0 Å². The van der Waals surface area contributed by atoms with Crippen molar-refractivity contribution >= 4 is 33.3 Å². The normalized spacial score (nSPS) is 11.2. The van der Waals surface area contributed by atoms with Crippen molar-refractivity contribution in [3.63, 3.8) is 0 Å². The van der Waals surface area contributed by atoms with Gasteiger partial charge in [-0.25, -0.2) is 8.42 Å². The Morgan fingerprint density at radius 3 is 2.50 bits per heavy atom. The first-order valence-electron chi connectivity index (χ1n) is 8.68. The van der Waals surface area contributed by atoms with Crippen molar-refractivity contribution in [1.82, 2.24) is 0 Å². The lowest BCUT2D eigenvalue weighted by Crippen LogP contribution is -2.13. The fourth-order valence-electron chi connectivity index (χ4n) is 2.54. The second-order valence-corrected chi connectivity index (χ2v) is 7.74. The first kappa shape index (κ1) is 20.8. The number of nitrogens with one attached hydrogen (secondary N) is 2. The van der Waals surface area contributed by atoms with Gasteiger partial charge >= 0.3 is 0 Å². The maximum absolute atomic E-state index is 12.6. The summed E-state index contributed by atoms with van der Waals surface area (Å²) >= 11 is 0. The Hall–Kier alpha value is -3.92. The predicted octanol–water partition coefficient (Wildman–Crippen LogP) is 3.85. The van der Waals surface area contributed by atoms with Crippen molar-refractivity contribution < 1.29 is 18.1 Å². The molecule has 9 nitrogen and oxygen atoms in total. The molecule has 0 aromatic heterocycles. The molecule has 0 fully saturated rings. The average molecular weight is 426 g/mol. The number of hydrogen-bond donors (Lipinski definition) is 2. The topological polar surface area (TPSA) is 123 Å². The predicted molar refractivity (Wildman–Crippen MR) is 115 cm³/mol. The second kappa shape index (κ2) is 9.05. The zero-order valence-corrected chi connectivity index (χ0v) is 16.7. The quantitative estimate of drug-likeness (QED) is 0.320. The summed E-state index contributed by atoms with van der Waals surface area (Å²) in [7, 11) is -2.45. The van der Waals surface area contributed by atoms with Crippen LogP contribution in [0.15, 0.2) is 82.8 Å². The van der Waals surface area contributed by atoms with Crippen LogP contribution in [0, 0.1) is 10.1 Å². The molecule has 0 unspecified atom stereocenters. The van der Waals surface area contributed by atoms with Crippen molar-refractivity contribution in [3.8, 4) is 5.75 Å². The standard InChI is InChI=1S/C20H18N4O5S/c1-29-17-9-5-6-15(12-17)14-21-22-19-11-10-18(13-20(19)24(25)26)30(27,28)23-16-7-3-2-4-8-16/h2-14,22-23H,1H3/b21-14+. The summed E-state index contributed by atoms with van der Waals surface area (Å²) in [5.74, 6) is 0.644. The van der Waals surface area contributed by atoms with Crippen LogP contribution in [-0.4, -0.2) is 26.7 Å². The van der Waals surface area contributed by atoms with E-state index in [1.54, 1.807) is 61.7 Å². The molecule has 154 valence electrons. The highest BCUT2D eigenvalue weighted by molar-refractivity contribution is 7.92. The molecule has 3 aromatic rings. The molecule has 10 heteroatoms. The highest BCUT2D eigenvalue weighted by Gasteiger charge is 2.21. The van der Waals surface area contributed by atoms with E-state index in [9.17, 15) is 18.5 Å². The minimum absolute atomic E-state index is 0.0535. The molecule has 2 N–H and O–H groups in total. The number of sulfonamides is 1. The summed E-state index contributed by atoms with van der Waals surface area (Å²) in [4.78, 5) is 10.5. The number of anilines is 2. The van der Waals surface area contributed by atoms with Crippen LogP contribution in [0.4, 0.5) is 17.1 Å². The number of nitro benzene ring substituents is 1. The summed E-state index contributed by atoms with van der Waals surface area (Å²) in [6.45, 7) is 0. The van der Waals surface area contributed by atoms with Crippen LogP contribution in [0.25, 0.3) is 0 Å². The molecule has 0 saturated heterocycles. The van der Waals surface area contributed by atoms with Gasteiger partial charge in [0.25, 0.3) is 15.7 Å². The van der Waals surface area contributed by atoms with E-state index < -0.39 is 20.6 Å². The fourth-order valence-corrected chi connectivity index (χ4v) is 3.62. The Bertz CT molecular complexity index is 1180. The number of benzene rings is 3. The maximum Gasteiger partial charge on any atom is 0.295 e. The van der Waals surface area contributed by atoms with Gasteiger partial charge in [-0.05, 0) is 42.0 Å². The van der Waals surface area contributed by atoms with E-state index in [1.807, 2.05) is 0 Å². The molecular weight excluding hydrogens is 408 g/mol. The van der Waals surface area contributed by atoms with E-state index >= 15 is 0 Å². The minimum Gasteiger partial charge on any atom is -0.497 e. The Kier molecular flexibility index (Phi) is 6.28. The summed E-state index contributed by atoms with van der Waals surface area (Å²) in [6.07, 6.45) is 1.47. The molecule has 0 bridgehead atoms. The van der Waals surface area contributed by atoms with Gasteiger partial charge in [0.15, 0.2) is 0 Å². The van der Waals surface area contributed by atoms with Crippen LogP contribution in [-0.2, 0) is 10.0 Å². The van der Waals surface area contributed by atoms with Crippen LogP contribution in [0.5, 0.6) is 5.75 Å². The highest BCUT2D eigenvalue weighted by atomic mass is 32.2. The van der Waals surface area contributed by atoms with E-state index in [2.05, 4.69) is 15.2 Å². The molecule has 0 aliphatic rings. The largest absolute Gasteiger partial charge is 0.497 e. The van der Waals surface area contributed by atoms with Gasteiger partial charge in [-0.2, -0.15) is 5.10 Å². The highest BCUT2D eigenvalue weighted by Crippen LogP contribution is 2.28. The molecule has 0 heterocycles. The third-order valence-corrected chi connectivity index (χ3v) is 5.37. The summed E-state index contributed by atoms with van der Waals surface area (Å²) in [6, 6.07) is 18.9. The molecule has 0 saturated carbocycles. The van der Waals surface area contributed by atoms with Crippen molar-refractivity contribution in [2.24, 2.45) is 5.10 Å². The van der Waals surface area contributed by atoms with E-state index in [-0.39, 0.29) is 10.6 Å². The fraction of sp³-hybridized carbons (Fsp3) is 0.0500. The summed E-state index contributed by atoms with van der Waals surface area (Å²) in [5.41, 5.74) is 3.28. The van der Waals surface area contributed by atoms with Gasteiger partial charge in [-0.1, -0.05) is 30.3 Å². The van der Waals surface area contributed by atoms with Crippen LogP contribution >= 0.6 is 0 Å². The number of ether oxygens (including phenoxy) is 1. The maximum atomic E-state index is 12.6. The first-order chi connectivity index (χ1) is 14.4. The van der Waals surface area contributed by atoms with Crippen LogP contribution in [0.3, 0.4) is 0 Å². The van der Waals surface area contributed by atoms with Gasteiger partial charge in [0, 0.05) is 11.8 Å². The number of hydrazone groups is 1. The summed E-state index contributed by atoms with van der Waals surface area (Å²) in [5, 5.41) is 15.4. The lowest BCUT2D eigenvalue weighted by Gasteiger charge is -2.09. The van der Waals surface area contributed by atoms with E-state index in [0.29, 0.717) is 11.4 Å². The molecule has 3 rings (SSSR count). The van der Waals surface area contributed by atoms with E-state index in [1.165, 1.54) is 18.3 Å². The Balaban J connectivity index is 1.83. The van der Waals surface area contributed by atoms with Gasteiger partial charge in [-0.3, -0.25) is 20.3 Å². The SMILES string of the molecule is COc1cccc(/C=N/Nc2ccc(S(=O)(=O)Nc3ccccc3)cc2[N+](=O)[O-])c1. The number of nitrogens with zero attached hydrogens (tertiary/aromatic N) is 2. The molecule has 0 amide bonds. The van der Waals surface area contributed by atoms with Crippen molar-refractivity contribution in [3.05, 3.63) is 88.5 Å². The zero-order valence-electron chi connectivity index (χ0n) is 15.8. The number of para-hydroxylation sites is 1. The second-order valence-electron chi connectivity index (χ2n) is 6.05. The number of nitro groups is 1. The molecule has 30 heavy (non-hydrogen) atoms. The van der Waals surface area contributed by atoms with Crippen LogP contribution < -0.4 is 14.9 Å². The van der Waals surface area contributed by atoms with Gasteiger partial charge in [0.2, 0.25) is 0 Å². The van der Waals surface area contributed by atoms with Gasteiger partial charge in [-0.15, -0.1) is 0 Å². The first-order valence-corrected chi connectivity index (χ1v) is 10.2. The van der Waals surface area contributed by atoms with Gasteiger partial charge < -0.3 is 4.74 Å². The Morgan fingerprint density at radius 1 is 1.03 bits per heavy atom. The molecule has 0 atom stereocenters. The van der Waals surface area contributed by atoms with E-state index in [0.717, 1.165) is 11.6 Å². The number of methoxy groups -OCH3 is 1. The van der Waals surface area contributed by atoms with Crippen LogP contribution in [0.2, 0.25) is 0 Å². The molecule has 0 aliphatic heterocycles. The van der Waals surface area contributed by atoms with Crippen molar-refractivity contribution in [2.45, 2.75) is 4.90 Å². The smallest absolute Gasteiger partial charge is 0.295 e. The monoisotopic (exact) mass is 426 g/mol. The van der Waals surface area contributed by atoms with E-state index in [4.69, 9.17) is 4.74 Å². The van der Waals surface area contributed by atoms with Gasteiger partial charge in [0.05, 0.1) is 23.1 Å². The minimum atomic E-state index is -3.99. The lowest BCUT2D eigenvalue weighted by atomic mass is 10.2. The third kappa shape index (κ3) is 5.11. The van der Waals surface area contributed by atoms with Gasteiger partial charge in [0.1, 0.15) is 11.4 Å². The molecule has 0 radical (unpaired) electrons. The van der Waals surface area contributed by atoms with Crippen molar-refractivity contribution in [2.75, 3.05) is 17.3 Å². The third-order valence-electron chi connectivity index (χ3n) is 3.99. The Morgan fingerprint density at radius 2 is 1.80 bits per heavy atom. The number of hydrogen-bond acceptors (Lipinski definition) is 7. The average Bonchev–Trinajstić information content (AvgIpc) is 2.74. The zero-order chi connectivity index (χ0) is 21.6. The Labute approximate surface area is 173 Å². The van der Waals surface area contributed by atoms with Crippen LogP contribution in [0.1, 0.15) is 5.56 Å². The molecule has 3 aromatic carbocycles. The number of rotatable bonds is 8. The lowest BCUT2D eigenvalue weighted by molar-refractivity contribution is -0.384. The molecular formula is C20H18N4O5S. The molecule has 0 aliphatic carbocycles. The summed E-state index contributed by atoms with van der Waals surface area (Å²) < 4.78 is 32.6. The molecule has 0 spiro atoms.